The summed E-state index contributed by atoms with van der Waals surface area (Å²) >= 11 is 0. The molecule has 264 valence electrons. The molecule has 0 amide bonds. The van der Waals surface area contributed by atoms with Crippen LogP contribution in [-0.4, -0.2) is 25.2 Å². The van der Waals surface area contributed by atoms with Gasteiger partial charge in [0.15, 0.2) is 29.4 Å². The smallest absolute Gasteiger partial charge is 0.339 e. The first-order chi connectivity index (χ1) is 25.9. The molecule has 6 aromatic rings. The quantitative estimate of drug-likeness (QED) is 0.0366. The Morgan fingerprint density at radius 3 is 1.49 bits per heavy atom. The van der Waals surface area contributed by atoms with Crippen molar-refractivity contribution in [3.8, 4) is 11.5 Å². The van der Waals surface area contributed by atoms with E-state index in [1.807, 2.05) is 84.9 Å². The molecule has 5 nitrogen and oxygen atoms in total. The molecule has 0 spiro atoms. The van der Waals surface area contributed by atoms with E-state index >= 15 is 0 Å². The van der Waals surface area contributed by atoms with Gasteiger partial charge in [-0.05, 0) is 116 Å². The summed E-state index contributed by atoms with van der Waals surface area (Å²) in [7, 11) is -0.709. The van der Waals surface area contributed by atoms with Crippen molar-refractivity contribution in [2.45, 2.75) is 43.2 Å². The average molecular weight is 737 g/mol. The summed E-state index contributed by atoms with van der Waals surface area (Å²) in [4.78, 5) is 31.9. The summed E-state index contributed by atoms with van der Waals surface area (Å²) in [6.07, 6.45) is 1.87. The van der Waals surface area contributed by atoms with Crippen molar-refractivity contribution in [1.82, 2.24) is 0 Å². The molecular formula is C46H40O5S2+2. The highest BCUT2D eigenvalue weighted by atomic mass is 32.2. The fourth-order valence-corrected chi connectivity index (χ4v) is 9.65. The molecule has 1 atom stereocenters. The van der Waals surface area contributed by atoms with Crippen molar-refractivity contribution in [2.75, 3.05) is 13.2 Å². The van der Waals surface area contributed by atoms with Crippen molar-refractivity contribution in [1.29, 1.82) is 0 Å². The number of hydrogen-bond acceptors (Lipinski definition) is 5. The Bertz CT molecular complexity index is 2130. The first-order valence-corrected chi connectivity index (χ1v) is 19.6. The number of hydrogen-bond donors (Lipinski definition) is 0. The van der Waals surface area contributed by atoms with Crippen molar-refractivity contribution in [3.05, 3.63) is 187 Å². The predicted octanol–water partition coefficient (Wildman–Crippen LogP) is 10.4. The Hall–Kier alpha value is -5.76. The zero-order valence-corrected chi connectivity index (χ0v) is 31.3. The highest BCUT2D eigenvalue weighted by Crippen LogP contribution is 2.34. The molecule has 0 bridgehead atoms. The van der Waals surface area contributed by atoms with Crippen LogP contribution >= 0.6 is 0 Å². The van der Waals surface area contributed by atoms with Crippen LogP contribution in [0.1, 0.15) is 19.4 Å². The minimum atomic E-state index is -0.429. The highest BCUT2D eigenvalue weighted by molar-refractivity contribution is 7.97. The highest BCUT2D eigenvalue weighted by Gasteiger charge is 2.30. The average Bonchev–Trinajstić information content (AvgIpc) is 3.19. The molecule has 0 heterocycles. The fourth-order valence-electron chi connectivity index (χ4n) is 5.45. The summed E-state index contributed by atoms with van der Waals surface area (Å²) in [6, 6.07) is 55.3. The summed E-state index contributed by atoms with van der Waals surface area (Å²) < 4.78 is 16.8. The first-order valence-electron chi connectivity index (χ1n) is 17.2. The van der Waals surface area contributed by atoms with E-state index < -0.39 is 22.8 Å². The van der Waals surface area contributed by atoms with Crippen LogP contribution in [0.2, 0.25) is 0 Å². The third kappa shape index (κ3) is 9.98. The van der Waals surface area contributed by atoms with Gasteiger partial charge in [0.05, 0.1) is 21.8 Å². The second-order valence-electron chi connectivity index (χ2n) is 12.0. The molecule has 0 N–H and O–H groups in total. The largest absolute Gasteiger partial charge is 0.490 e. The van der Waals surface area contributed by atoms with Gasteiger partial charge in [-0.1, -0.05) is 73.3 Å². The Morgan fingerprint density at radius 1 is 0.528 bits per heavy atom. The van der Waals surface area contributed by atoms with Crippen molar-refractivity contribution in [2.24, 2.45) is 0 Å². The molecule has 0 aliphatic heterocycles. The van der Waals surface area contributed by atoms with Crippen molar-refractivity contribution in [3.63, 3.8) is 0 Å². The maximum absolute atomic E-state index is 13.3. The monoisotopic (exact) mass is 736 g/mol. The Morgan fingerprint density at radius 2 is 0.981 bits per heavy atom. The summed E-state index contributed by atoms with van der Waals surface area (Å²) in [5, 5.41) is 0. The van der Waals surface area contributed by atoms with E-state index in [1.54, 1.807) is 13.8 Å². The molecule has 0 radical (unpaired) electrons. The molecule has 0 saturated heterocycles. The Labute approximate surface area is 317 Å². The number of rotatable bonds is 14. The van der Waals surface area contributed by atoms with Crippen LogP contribution in [0.4, 0.5) is 0 Å². The molecule has 1 unspecified atom stereocenters. The standard InChI is InChI=1S/C46H40O5S2/c1-34(2)45(47)50-31-30-49-37-22-26-43(27-23-37)53(41-19-11-6-12-20-41)44-21-13-14-36(33-44)32-35(3)46(48)51-38-24-28-42(29-25-38)52(39-15-7-4-8-16-39)40-17-9-5-10-18-40/h4-29,32-33H,1,30-31H2,2-3H3/q+2/b35-32+. The van der Waals surface area contributed by atoms with Crippen LogP contribution in [-0.2, 0) is 36.1 Å². The molecule has 0 fully saturated rings. The fraction of sp³-hybridized carbons (Fsp3) is 0.0870. The van der Waals surface area contributed by atoms with Gasteiger partial charge in [-0.25, -0.2) is 9.59 Å². The van der Waals surface area contributed by atoms with Gasteiger partial charge in [-0.2, -0.15) is 0 Å². The van der Waals surface area contributed by atoms with Crippen molar-refractivity contribution >= 4 is 39.8 Å². The van der Waals surface area contributed by atoms with Gasteiger partial charge < -0.3 is 14.2 Å². The molecule has 6 rings (SSSR count). The minimum Gasteiger partial charge on any atom is -0.490 e. The maximum Gasteiger partial charge on any atom is 0.339 e. The molecule has 0 aromatic heterocycles. The van der Waals surface area contributed by atoms with Gasteiger partial charge in [0, 0.05) is 17.2 Å². The lowest BCUT2D eigenvalue weighted by molar-refractivity contribution is -0.139. The summed E-state index contributed by atoms with van der Waals surface area (Å²) in [5.74, 6) is 0.350. The topological polar surface area (TPSA) is 61.8 Å². The molecular weight excluding hydrogens is 697 g/mol. The number of esters is 2. The van der Waals surface area contributed by atoms with Gasteiger partial charge in [-0.3, -0.25) is 0 Å². The van der Waals surface area contributed by atoms with Crippen LogP contribution in [0.25, 0.3) is 6.08 Å². The number of ether oxygens (including phenoxy) is 3. The van der Waals surface area contributed by atoms with E-state index in [0.717, 1.165) is 25.1 Å². The molecule has 6 aromatic carbocycles. The van der Waals surface area contributed by atoms with Crippen LogP contribution in [0.15, 0.2) is 211 Å². The Balaban J connectivity index is 1.16. The van der Waals surface area contributed by atoms with E-state index in [2.05, 4.69) is 91.5 Å². The Kier molecular flexibility index (Phi) is 12.7. The summed E-state index contributed by atoms with van der Waals surface area (Å²) in [6.45, 7) is 7.37. The van der Waals surface area contributed by atoms with Crippen LogP contribution < -0.4 is 9.47 Å². The van der Waals surface area contributed by atoms with Gasteiger partial charge in [0.25, 0.3) is 0 Å². The lowest BCUT2D eigenvalue weighted by Crippen LogP contribution is -2.12. The third-order valence-electron chi connectivity index (χ3n) is 8.00. The molecule has 0 aliphatic rings. The van der Waals surface area contributed by atoms with E-state index in [1.165, 1.54) is 9.79 Å². The van der Waals surface area contributed by atoms with Crippen LogP contribution in [0, 0.1) is 0 Å². The summed E-state index contributed by atoms with van der Waals surface area (Å²) in [5.41, 5.74) is 1.75. The van der Waals surface area contributed by atoms with Gasteiger partial charge >= 0.3 is 11.9 Å². The molecule has 0 aliphatic carbocycles. The zero-order chi connectivity index (χ0) is 37.0. The third-order valence-corrected chi connectivity index (χ3v) is 12.4. The molecule has 7 heteroatoms. The normalized spacial score (nSPS) is 11.8. The van der Waals surface area contributed by atoms with Gasteiger partial charge in [-0.15, -0.1) is 0 Å². The molecule has 0 saturated carbocycles. The number of benzene rings is 6. The lowest BCUT2D eigenvalue weighted by atomic mass is 10.1. The predicted molar refractivity (Wildman–Crippen MR) is 214 cm³/mol. The first kappa shape index (κ1) is 37.0. The second kappa shape index (κ2) is 18.1. The minimum absolute atomic E-state index is 0.144. The zero-order valence-electron chi connectivity index (χ0n) is 29.6. The molecule has 53 heavy (non-hydrogen) atoms. The van der Waals surface area contributed by atoms with Crippen molar-refractivity contribution < 1.29 is 23.8 Å². The second-order valence-corrected chi connectivity index (χ2v) is 16.1. The van der Waals surface area contributed by atoms with Gasteiger partial charge in [0.1, 0.15) is 24.7 Å². The van der Waals surface area contributed by atoms with Crippen LogP contribution in [0.5, 0.6) is 11.5 Å². The van der Waals surface area contributed by atoms with E-state index in [0.29, 0.717) is 22.6 Å². The van der Waals surface area contributed by atoms with Crippen LogP contribution in [0.3, 0.4) is 0 Å². The SMILES string of the molecule is C=C(C)C(=O)OCCOc1ccc([S+](c2ccccc2)c2cccc(/C=C(\C)C(=O)Oc3ccc([S+](c4ccccc4)c4ccccc4)cc3)c2)cc1. The maximum atomic E-state index is 13.3. The van der Waals surface area contributed by atoms with E-state index in [4.69, 9.17) is 14.2 Å². The van der Waals surface area contributed by atoms with E-state index in [-0.39, 0.29) is 24.1 Å². The number of carbonyl (C=O) groups excluding carboxylic acids is 2. The van der Waals surface area contributed by atoms with Gasteiger partial charge in [0.2, 0.25) is 0 Å². The lowest BCUT2D eigenvalue weighted by Gasteiger charge is -2.11. The van der Waals surface area contributed by atoms with E-state index in [9.17, 15) is 9.59 Å². The number of carbonyl (C=O) groups is 2.